The van der Waals surface area contributed by atoms with E-state index in [1.807, 2.05) is 0 Å². The number of carbonyl (C=O) groups is 1. The fraction of sp³-hybridized carbons (Fsp3) is 0.933. The second kappa shape index (κ2) is 5.51. The van der Waals surface area contributed by atoms with Crippen LogP contribution in [0, 0.1) is 11.8 Å². The number of rotatable bonds is 2. The van der Waals surface area contributed by atoms with Gasteiger partial charge in [0.25, 0.3) is 0 Å². The van der Waals surface area contributed by atoms with E-state index >= 15 is 0 Å². The Balaban J connectivity index is 2.05. The number of likely N-dealkylation sites (tertiary alicyclic amines) is 1. The van der Waals surface area contributed by atoms with Crippen molar-refractivity contribution in [3.63, 3.8) is 0 Å². The summed E-state index contributed by atoms with van der Waals surface area (Å²) in [5, 5.41) is 0. The molecule has 2 fully saturated rings. The summed E-state index contributed by atoms with van der Waals surface area (Å²) in [4.78, 5) is 14.3. The van der Waals surface area contributed by atoms with Crippen molar-refractivity contribution < 1.29 is 4.79 Å². The molecule has 0 radical (unpaired) electrons. The lowest BCUT2D eigenvalue weighted by Crippen LogP contribution is -2.51. The van der Waals surface area contributed by atoms with E-state index in [0.717, 1.165) is 24.8 Å². The molecule has 2 rings (SSSR count). The number of Topliss-reactive ketones (excluding diaryl/α,β-unsaturated/α-hetero) is 1. The molecule has 0 spiro atoms. The highest BCUT2D eigenvalue weighted by Gasteiger charge is 2.35. The third-order valence-corrected chi connectivity index (χ3v) is 4.64. The van der Waals surface area contributed by atoms with Gasteiger partial charge in [0.05, 0.1) is 6.04 Å². The zero-order valence-corrected chi connectivity index (χ0v) is 11.6. The van der Waals surface area contributed by atoms with Crippen molar-refractivity contribution in [3.05, 3.63) is 0 Å². The molecule has 1 saturated carbocycles. The Bertz CT molecular complexity index is 266. The highest BCUT2D eigenvalue weighted by molar-refractivity contribution is 5.81. The van der Waals surface area contributed by atoms with Gasteiger partial charge < -0.3 is 0 Å². The maximum atomic E-state index is 11.8. The van der Waals surface area contributed by atoms with Crippen molar-refractivity contribution in [2.24, 2.45) is 11.8 Å². The maximum absolute atomic E-state index is 11.8. The van der Waals surface area contributed by atoms with Gasteiger partial charge in [0.1, 0.15) is 5.78 Å². The Hall–Kier alpha value is -0.370. The second-order valence-electron chi connectivity index (χ2n) is 6.43. The van der Waals surface area contributed by atoms with Crippen LogP contribution in [-0.4, -0.2) is 29.3 Å². The molecule has 1 heterocycles. The van der Waals surface area contributed by atoms with Gasteiger partial charge in [-0.15, -0.1) is 0 Å². The minimum absolute atomic E-state index is 0.228. The third-order valence-electron chi connectivity index (χ3n) is 4.64. The third kappa shape index (κ3) is 3.09. The monoisotopic (exact) mass is 237 g/mol. The van der Waals surface area contributed by atoms with E-state index in [1.54, 1.807) is 6.92 Å². The van der Waals surface area contributed by atoms with Crippen molar-refractivity contribution in [2.75, 3.05) is 6.54 Å². The lowest BCUT2D eigenvalue weighted by molar-refractivity contribution is -0.125. The normalized spacial score (nSPS) is 40.2. The number of carbonyl (C=O) groups excluding carboxylic acids is 1. The summed E-state index contributed by atoms with van der Waals surface area (Å²) in [5.41, 5.74) is 0. The zero-order valence-electron chi connectivity index (χ0n) is 11.6. The molecule has 98 valence electrons. The van der Waals surface area contributed by atoms with Crippen LogP contribution in [0.1, 0.15) is 59.3 Å². The van der Waals surface area contributed by atoms with Gasteiger partial charge in [-0.1, -0.05) is 20.3 Å². The van der Waals surface area contributed by atoms with E-state index in [0.29, 0.717) is 11.8 Å². The molecular formula is C15H27NO. The summed E-state index contributed by atoms with van der Waals surface area (Å²) >= 11 is 0. The first-order valence-corrected chi connectivity index (χ1v) is 7.34. The average molecular weight is 237 g/mol. The van der Waals surface area contributed by atoms with Gasteiger partial charge >= 0.3 is 0 Å². The fourth-order valence-corrected chi connectivity index (χ4v) is 4.00. The van der Waals surface area contributed by atoms with E-state index in [1.165, 1.54) is 32.1 Å². The summed E-state index contributed by atoms with van der Waals surface area (Å²) < 4.78 is 0. The van der Waals surface area contributed by atoms with Crippen LogP contribution in [0.15, 0.2) is 0 Å². The topological polar surface area (TPSA) is 20.3 Å². The molecule has 2 aliphatic rings. The predicted molar refractivity (Wildman–Crippen MR) is 71.0 cm³/mol. The molecule has 0 amide bonds. The molecule has 2 heteroatoms. The molecule has 1 saturated heterocycles. The summed E-state index contributed by atoms with van der Waals surface area (Å²) in [6, 6.07) is 0.897. The lowest BCUT2D eigenvalue weighted by Gasteiger charge is -2.44. The summed E-state index contributed by atoms with van der Waals surface area (Å²) in [5.74, 6) is 2.05. The summed E-state index contributed by atoms with van der Waals surface area (Å²) in [6.45, 7) is 7.66. The molecule has 0 aromatic carbocycles. The molecule has 17 heavy (non-hydrogen) atoms. The zero-order chi connectivity index (χ0) is 12.4. The summed E-state index contributed by atoms with van der Waals surface area (Å²) in [7, 11) is 0. The van der Waals surface area contributed by atoms with Crippen LogP contribution in [0.3, 0.4) is 0 Å². The molecule has 0 aromatic heterocycles. The second-order valence-corrected chi connectivity index (χ2v) is 6.43. The van der Waals surface area contributed by atoms with Gasteiger partial charge in [0, 0.05) is 6.04 Å². The number of ketones is 1. The first-order valence-electron chi connectivity index (χ1n) is 7.34. The van der Waals surface area contributed by atoms with Gasteiger partial charge in [-0.2, -0.15) is 0 Å². The first-order chi connectivity index (χ1) is 8.08. The van der Waals surface area contributed by atoms with Crippen molar-refractivity contribution in [2.45, 2.75) is 71.4 Å². The van der Waals surface area contributed by atoms with Crippen LogP contribution in [-0.2, 0) is 4.79 Å². The minimum Gasteiger partial charge on any atom is -0.298 e. The highest BCUT2D eigenvalue weighted by Crippen LogP contribution is 2.34. The molecule has 3 atom stereocenters. The van der Waals surface area contributed by atoms with Gasteiger partial charge in [-0.05, 0) is 57.4 Å². The Kier molecular flexibility index (Phi) is 4.24. The molecule has 3 unspecified atom stereocenters. The average Bonchev–Trinajstić information content (AvgIpc) is 2.27. The predicted octanol–water partition coefficient (Wildman–Crippen LogP) is 3.25. The number of hydrogen-bond donors (Lipinski definition) is 0. The highest BCUT2D eigenvalue weighted by atomic mass is 16.1. The van der Waals surface area contributed by atoms with Crippen LogP contribution in [0.5, 0.6) is 0 Å². The molecule has 1 aliphatic carbocycles. The molecule has 1 aliphatic heterocycles. The van der Waals surface area contributed by atoms with Crippen LogP contribution in [0.2, 0.25) is 0 Å². The van der Waals surface area contributed by atoms with Crippen LogP contribution in [0.4, 0.5) is 0 Å². The maximum Gasteiger partial charge on any atom is 0.146 e. The Labute approximate surface area is 106 Å². The smallest absolute Gasteiger partial charge is 0.146 e. The molecule has 0 bridgehead atoms. The fourth-order valence-electron chi connectivity index (χ4n) is 4.00. The van der Waals surface area contributed by atoms with Crippen molar-refractivity contribution in [1.29, 1.82) is 0 Å². The minimum atomic E-state index is 0.228. The number of piperidine rings is 1. The molecule has 0 N–H and O–H groups in total. The van der Waals surface area contributed by atoms with Gasteiger partial charge in [0.15, 0.2) is 0 Å². The van der Waals surface area contributed by atoms with Crippen LogP contribution >= 0.6 is 0 Å². The van der Waals surface area contributed by atoms with Crippen molar-refractivity contribution >= 4 is 5.78 Å². The van der Waals surface area contributed by atoms with Crippen molar-refractivity contribution in [3.8, 4) is 0 Å². The lowest BCUT2D eigenvalue weighted by atomic mass is 9.78. The SMILES string of the molecule is CC(=O)C1CCCCN1C1CC(C)CC(C)C1. The summed E-state index contributed by atoms with van der Waals surface area (Å²) in [6.07, 6.45) is 7.58. The van der Waals surface area contributed by atoms with Gasteiger partial charge in [0.2, 0.25) is 0 Å². The van der Waals surface area contributed by atoms with E-state index in [-0.39, 0.29) is 6.04 Å². The first kappa shape index (κ1) is 13.1. The largest absolute Gasteiger partial charge is 0.298 e. The molecule has 0 aromatic rings. The number of nitrogens with zero attached hydrogens (tertiary/aromatic N) is 1. The van der Waals surface area contributed by atoms with Crippen LogP contribution in [0.25, 0.3) is 0 Å². The molecular weight excluding hydrogens is 210 g/mol. The quantitative estimate of drug-likeness (QED) is 0.735. The van der Waals surface area contributed by atoms with E-state index in [4.69, 9.17) is 0 Å². The standard InChI is InChI=1S/C15H27NO/c1-11-8-12(2)10-14(9-11)16-7-5-4-6-15(16)13(3)17/h11-12,14-15H,4-10H2,1-3H3. The van der Waals surface area contributed by atoms with Crippen molar-refractivity contribution in [1.82, 2.24) is 4.90 Å². The Morgan fingerprint density at radius 1 is 1.06 bits per heavy atom. The van der Waals surface area contributed by atoms with Gasteiger partial charge in [-0.25, -0.2) is 0 Å². The molecule has 2 nitrogen and oxygen atoms in total. The Morgan fingerprint density at radius 2 is 1.71 bits per heavy atom. The van der Waals surface area contributed by atoms with E-state index < -0.39 is 0 Å². The van der Waals surface area contributed by atoms with Gasteiger partial charge in [-0.3, -0.25) is 9.69 Å². The number of hydrogen-bond acceptors (Lipinski definition) is 2. The van der Waals surface area contributed by atoms with E-state index in [9.17, 15) is 4.79 Å². The van der Waals surface area contributed by atoms with Crippen LogP contribution < -0.4 is 0 Å². The Morgan fingerprint density at radius 3 is 2.29 bits per heavy atom. The van der Waals surface area contributed by atoms with E-state index in [2.05, 4.69) is 18.7 Å².